The van der Waals surface area contributed by atoms with E-state index in [0.717, 1.165) is 31.5 Å². The van der Waals surface area contributed by atoms with Gasteiger partial charge in [-0.05, 0) is 37.5 Å². The number of rotatable bonds is 3. The van der Waals surface area contributed by atoms with Crippen molar-refractivity contribution in [2.75, 3.05) is 5.32 Å². The molecule has 4 heterocycles. The number of carbonyl (C=O) groups is 1. The first-order chi connectivity index (χ1) is 15.0. The van der Waals surface area contributed by atoms with E-state index in [4.69, 9.17) is 9.51 Å². The molecule has 3 aromatic heterocycles. The minimum absolute atomic E-state index is 0.0441. The summed E-state index contributed by atoms with van der Waals surface area (Å²) in [6.45, 7) is 4.21. The number of nitrogens with one attached hydrogen (secondary N) is 1. The molecule has 0 radical (unpaired) electrons. The van der Waals surface area contributed by atoms with Gasteiger partial charge in [0.2, 0.25) is 11.7 Å². The van der Waals surface area contributed by atoms with Crippen LogP contribution in [0.5, 0.6) is 0 Å². The van der Waals surface area contributed by atoms with Gasteiger partial charge in [-0.1, -0.05) is 23.7 Å². The lowest BCUT2D eigenvalue weighted by Crippen LogP contribution is -2.24. The van der Waals surface area contributed by atoms with Gasteiger partial charge in [-0.25, -0.2) is 4.98 Å². The summed E-state index contributed by atoms with van der Waals surface area (Å²) in [5, 5.41) is 7.45. The topological polar surface area (TPSA) is 103 Å². The zero-order valence-corrected chi connectivity index (χ0v) is 18.1. The van der Waals surface area contributed by atoms with Crippen molar-refractivity contribution in [3.05, 3.63) is 56.8 Å². The van der Waals surface area contributed by atoms with Crippen molar-refractivity contribution in [1.82, 2.24) is 19.7 Å². The number of amides is 1. The molecule has 158 valence electrons. The normalized spacial score (nSPS) is 13.7. The molecule has 1 aliphatic heterocycles. The molecule has 1 aromatic carbocycles. The van der Waals surface area contributed by atoms with E-state index < -0.39 is 0 Å². The molecule has 9 heteroatoms. The maximum absolute atomic E-state index is 13.2. The number of carbonyl (C=O) groups excluding carboxylic acids is 1. The molecular formula is C22H21N5O3S. The lowest BCUT2D eigenvalue weighted by Gasteiger charge is -2.08. The molecule has 5 rings (SSSR count). The van der Waals surface area contributed by atoms with Crippen molar-refractivity contribution in [2.45, 2.75) is 46.1 Å². The van der Waals surface area contributed by atoms with Crippen molar-refractivity contribution in [3.63, 3.8) is 0 Å². The average Bonchev–Trinajstić information content (AvgIpc) is 3.23. The lowest BCUT2D eigenvalue weighted by atomic mass is 10.1. The van der Waals surface area contributed by atoms with Crippen molar-refractivity contribution < 1.29 is 9.32 Å². The second kappa shape index (κ2) is 7.73. The SMILES string of the molecule is Cc1nc(-c2ccccc2NC(=O)c2sc3nc4n(c(=O)c3c2C)CCCCC4)no1. The van der Waals surface area contributed by atoms with Crippen LogP contribution in [0.2, 0.25) is 0 Å². The number of hydrogen-bond acceptors (Lipinski definition) is 7. The van der Waals surface area contributed by atoms with Crippen LogP contribution in [-0.2, 0) is 13.0 Å². The Morgan fingerprint density at radius 1 is 1.16 bits per heavy atom. The summed E-state index contributed by atoms with van der Waals surface area (Å²) in [6, 6.07) is 7.29. The van der Waals surface area contributed by atoms with Crippen LogP contribution in [0.15, 0.2) is 33.6 Å². The van der Waals surface area contributed by atoms with Crippen molar-refractivity contribution in [2.24, 2.45) is 0 Å². The molecule has 4 aromatic rings. The van der Waals surface area contributed by atoms with Gasteiger partial charge in [-0.3, -0.25) is 14.2 Å². The fourth-order valence-corrected chi connectivity index (χ4v) is 5.09. The van der Waals surface area contributed by atoms with E-state index >= 15 is 0 Å². The molecule has 31 heavy (non-hydrogen) atoms. The first-order valence-electron chi connectivity index (χ1n) is 10.3. The van der Waals surface area contributed by atoms with Gasteiger partial charge in [0, 0.05) is 25.5 Å². The summed E-state index contributed by atoms with van der Waals surface area (Å²) in [7, 11) is 0. The molecule has 0 spiro atoms. The van der Waals surface area contributed by atoms with Gasteiger partial charge < -0.3 is 9.84 Å². The Balaban J connectivity index is 1.54. The number of fused-ring (bicyclic) bond motifs is 2. The zero-order chi connectivity index (χ0) is 21.5. The highest BCUT2D eigenvalue weighted by atomic mass is 32.1. The summed E-state index contributed by atoms with van der Waals surface area (Å²) in [6.07, 6.45) is 3.90. The number of thiophene rings is 1. The second-order valence-electron chi connectivity index (χ2n) is 7.67. The fourth-order valence-electron chi connectivity index (χ4n) is 4.00. The van der Waals surface area contributed by atoms with E-state index in [2.05, 4.69) is 15.5 Å². The highest BCUT2D eigenvalue weighted by Crippen LogP contribution is 2.31. The maximum Gasteiger partial charge on any atom is 0.266 e. The molecule has 8 nitrogen and oxygen atoms in total. The van der Waals surface area contributed by atoms with Crippen molar-refractivity contribution in [1.29, 1.82) is 0 Å². The monoisotopic (exact) mass is 435 g/mol. The molecular weight excluding hydrogens is 414 g/mol. The Morgan fingerprint density at radius 2 is 2.00 bits per heavy atom. The lowest BCUT2D eigenvalue weighted by molar-refractivity contribution is 0.103. The molecule has 0 saturated carbocycles. The van der Waals surface area contributed by atoms with Crippen molar-refractivity contribution >= 4 is 33.1 Å². The number of anilines is 1. The van der Waals surface area contributed by atoms with Gasteiger partial charge >= 0.3 is 0 Å². The highest BCUT2D eigenvalue weighted by Gasteiger charge is 2.23. The smallest absolute Gasteiger partial charge is 0.266 e. The third-order valence-electron chi connectivity index (χ3n) is 5.56. The predicted octanol–water partition coefficient (Wildman–Crippen LogP) is 4.10. The van der Waals surface area contributed by atoms with Gasteiger partial charge in [-0.15, -0.1) is 11.3 Å². The molecule has 0 unspecified atom stereocenters. The van der Waals surface area contributed by atoms with E-state index in [1.165, 1.54) is 11.3 Å². The highest BCUT2D eigenvalue weighted by molar-refractivity contribution is 7.20. The zero-order valence-electron chi connectivity index (χ0n) is 17.3. The first-order valence-corrected chi connectivity index (χ1v) is 11.1. The molecule has 1 aliphatic rings. The van der Waals surface area contributed by atoms with Gasteiger partial charge in [0.25, 0.3) is 11.5 Å². The number of hydrogen-bond donors (Lipinski definition) is 1. The Kier molecular flexibility index (Phi) is 4.90. The van der Waals surface area contributed by atoms with E-state index in [1.54, 1.807) is 17.6 Å². The van der Waals surface area contributed by atoms with Gasteiger partial charge in [0.15, 0.2) is 0 Å². The quantitative estimate of drug-likeness (QED) is 0.520. The van der Waals surface area contributed by atoms with Crippen molar-refractivity contribution in [3.8, 4) is 11.4 Å². The predicted molar refractivity (Wildman–Crippen MR) is 119 cm³/mol. The molecule has 0 bridgehead atoms. The molecule has 0 fully saturated rings. The summed E-state index contributed by atoms with van der Waals surface area (Å²) in [5.41, 5.74) is 1.86. The summed E-state index contributed by atoms with van der Waals surface area (Å²) < 4.78 is 6.86. The fraction of sp³-hybridized carbons (Fsp3) is 0.318. The largest absolute Gasteiger partial charge is 0.339 e. The summed E-state index contributed by atoms with van der Waals surface area (Å²) in [4.78, 5) is 36.4. The molecule has 0 atom stereocenters. The van der Waals surface area contributed by atoms with Crippen LogP contribution in [0.25, 0.3) is 21.6 Å². The molecule has 1 amide bonds. The molecule has 1 N–H and O–H groups in total. The van der Waals surface area contributed by atoms with Crippen LogP contribution in [0.4, 0.5) is 5.69 Å². The average molecular weight is 436 g/mol. The van der Waals surface area contributed by atoms with Gasteiger partial charge in [0.1, 0.15) is 10.7 Å². The van der Waals surface area contributed by atoms with Crippen LogP contribution < -0.4 is 10.9 Å². The number of aromatic nitrogens is 4. The van der Waals surface area contributed by atoms with E-state index in [9.17, 15) is 9.59 Å². The first kappa shape index (κ1) is 19.6. The summed E-state index contributed by atoms with van der Waals surface area (Å²) in [5.74, 6) is 1.39. The van der Waals surface area contributed by atoms with Gasteiger partial charge in [-0.2, -0.15) is 4.98 Å². The standard InChI is InChI=1S/C22H21N5O3S/c1-12-17-21(25-16-10-4-3-7-11-27(16)22(17)29)31-18(12)20(28)24-15-9-6-5-8-14(15)19-23-13(2)30-26-19/h5-6,8-9H,3-4,7,10-11H2,1-2H3,(H,24,28). The molecule has 0 saturated heterocycles. The van der Waals surface area contributed by atoms with Crippen LogP contribution in [-0.4, -0.2) is 25.6 Å². The number of aryl methyl sites for hydroxylation is 3. The third-order valence-corrected chi connectivity index (χ3v) is 6.75. The Hall–Kier alpha value is -3.33. The van der Waals surface area contributed by atoms with E-state index in [-0.39, 0.29) is 11.5 Å². The van der Waals surface area contributed by atoms with Crippen LogP contribution in [0, 0.1) is 13.8 Å². The minimum atomic E-state index is -0.284. The van der Waals surface area contributed by atoms with Crippen LogP contribution in [0.3, 0.4) is 0 Å². The van der Waals surface area contributed by atoms with Gasteiger partial charge in [0.05, 0.1) is 16.0 Å². The minimum Gasteiger partial charge on any atom is -0.339 e. The summed E-state index contributed by atoms with van der Waals surface area (Å²) >= 11 is 1.26. The van der Waals surface area contributed by atoms with Crippen LogP contribution in [0.1, 0.15) is 46.2 Å². The maximum atomic E-state index is 13.2. The van der Waals surface area contributed by atoms with E-state index in [1.807, 2.05) is 25.1 Å². The van der Waals surface area contributed by atoms with E-state index in [0.29, 0.717) is 50.2 Å². The van der Waals surface area contributed by atoms with Crippen LogP contribution >= 0.6 is 11.3 Å². The Morgan fingerprint density at radius 3 is 2.81 bits per heavy atom. The number of para-hydroxylation sites is 1. The third kappa shape index (κ3) is 3.44. The Labute approximate surface area is 181 Å². The Bertz CT molecular complexity index is 1370. The number of benzene rings is 1. The molecule has 0 aliphatic carbocycles. The second-order valence-corrected chi connectivity index (χ2v) is 8.67. The number of nitrogens with zero attached hydrogens (tertiary/aromatic N) is 4.